The van der Waals surface area contributed by atoms with Crippen LogP contribution in [0.25, 0.3) is 0 Å². The zero-order valence-corrected chi connectivity index (χ0v) is 19.0. The van der Waals surface area contributed by atoms with Crippen molar-refractivity contribution in [2.45, 2.75) is 69.4 Å². The van der Waals surface area contributed by atoms with Crippen molar-refractivity contribution in [1.29, 1.82) is 0 Å². The molecule has 1 spiro atoms. The third-order valence-electron chi connectivity index (χ3n) is 8.36. The Kier molecular flexibility index (Phi) is 6.51. The molecule has 170 valence electrons. The van der Waals surface area contributed by atoms with E-state index < -0.39 is 0 Å². The van der Waals surface area contributed by atoms with Crippen molar-refractivity contribution in [3.8, 4) is 0 Å². The Hall–Kier alpha value is -1.59. The van der Waals surface area contributed by atoms with Crippen molar-refractivity contribution in [3.05, 3.63) is 30.3 Å². The molecule has 4 aliphatic rings. The summed E-state index contributed by atoms with van der Waals surface area (Å²) in [6.07, 6.45) is 10.3. The van der Waals surface area contributed by atoms with Crippen LogP contribution in [0.1, 0.15) is 57.8 Å². The number of carbonyl (C=O) groups is 1. The first-order valence-electron chi connectivity index (χ1n) is 12.7. The second-order valence-electron chi connectivity index (χ2n) is 10.2. The number of nitrogens with zero attached hydrogens (tertiary/aromatic N) is 3. The van der Waals surface area contributed by atoms with E-state index in [0.717, 1.165) is 84.4 Å². The molecule has 0 aromatic heterocycles. The van der Waals surface area contributed by atoms with Gasteiger partial charge in [-0.3, -0.25) is 9.69 Å². The van der Waals surface area contributed by atoms with Gasteiger partial charge in [-0.05, 0) is 50.7 Å². The number of anilines is 1. The van der Waals surface area contributed by atoms with Crippen molar-refractivity contribution in [2.75, 3.05) is 50.8 Å². The summed E-state index contributed by atoms with van der Waals surface area (Å²) in [6.45, 7) is 7.16. The van der Waals surface area contributed by atoms with Gasteiger partial charge in [-0.2, -0.15) is 0 Å². The average molecular weight is 426 g/mol. The Morgan fingerprint density at radius 1 is 0.871 bits per heavy atom. The number of hydrogen-bond acceptors (Lipinski definition) is 4. The topological polar surface area (TPSA) is 36.0 Å². The molecule has 5 rings (SSSR count). The Morgan fingerprint density at radius 3 is 2.29 bits per heavy atom. The van der Waals surface area contributed by atoms with E-state index in [-0.39, 0.29) is 5.60 Å². The molecule has 3 saturated heterocycles. The normalized spacial score (nSPS) is 28.1. The number of piperazine rings is 1. The Morgan fingerprint density at radius 2 is 1.58 bits per heavy atom. The molecule has 4 fully saturated rings. The quantitative estimate of drug-likeness (QED) is 0.735. The van der Waals surface area contributed by atoms with E-state index in [2.05, 4.69) is 45.0 Å². The van der Waals surface area contributed by atoms with Crippen molar-refractivity contribution in [2.24, 2.45) is 5.92 Å². The van der Waals surface area contributed by atoms with Crippen LogP contribution >= 0.6 is 0 Å². The molecule has 0 radical (unpaired) electrons. The minimum Gasteiger partial charge on any atom is -0.375 e. The van der Waals surface area contributed by atoms with Gasteiger partial charge in [-0.15, -0.1) is 0 Å². The van der Waals surface area contributed by atoms with E-state index in [9.17, 15) is 4.79 Å². The molecule has 1 aromatic carbocycles. The highest BCUT2D eigenvalue weighted by atomic mass is 16.5. The van der Waals surface area contributed by atoms with Gasteiger partial charge in [0.25, 0.3) is 0 Å². The fourth-order valence-electron chi connectivity index (χ4n) is 6.39. The number of benzene rings is 1. The molecule has 1 saturated carbocycles. The van der Waals surface area contributed by atoms with Crippen LogP contribution in [0.5, 0.6) is 0 Å². The Labute approximate surface area is 187 Å². The largest absolute Gasteiger partial charge is 0.375 e. The summed E-state index contributed by atoms with van der Waals surface area (Å²) in [6, 6.07) is 11.4. The number of likely N-dealkylation sites (tertiary alicyclic amines) is 1. The molecule has 0 N–H and O–H groups in total. The smallest absolute Gasteiger partial charge is 0.225 e. The third-order valence-corrected chi connectivity index (χ3v) is 8.36. The van der Waals surface area contributed by atoms with Crippen LogP contribution in [0.15, 0.2) is 30.3 Å². The Bertz CT molecular complexity index is 717. The van der Waals surface area contributed by atoms with Crippen LogP contribution in [-0.4, -0.2) is 73.2 Å². The minimum atomic E-state index is 0.00280. The monoisotopic (exact) mass is 425 g/mol. The second-order valence-corrected chi connectivity index (χ2v) is 10.2. The van der Waals surface area contributed by atoms with Gasteiger partial charge in [0.05, 0.1) is 5.60 Å². The van der Waals surface area contributed by atoms with E-state index in [1.165, 1.54) is 24.9 Å². The van der Waals surface area contributed by atoms with E-state index in [0.29, 0.717) is 17.9 Å². The second kappa shape index (κ2) is 9.50. The molecule has 0 bridgehead atoms. The number of amides is 1. The number of ether oxygens (including phenoxy) is 1. The summed E-state index contributed by atoms with van der Waals surface area (Å²) in [4.78, 5) is 20.3. The number of carbonyl (C=O) groups excluding carboxylic acids is 1. The lowest BCUT2D eigenvalue weighted by molar-refractivity contribution is -0.153. The first kappa shape index (κ1) is 21.3. The lowest BCUT2D eigenvalue weighted by atomic mass is 9.81. The summed E-state index contributed by atoms with van der Waals surface area (Å²) in [5.41, 5.74) is 1.35. The van der Waals surface area contributed by atoms with Gasteiger partial charge < -0.3 is 14.5 Å². The van der Waals surface area contributed by atoms with Gasteiger partial charge in [-0.25, -0.2) is 0 Å². The van der Waals surface area contributed by atoms with Crippen LogP contribution in [-0.2, 0) is 9.53 Å². The molecule has 3 aliphatic heterocycles. The fourth-order valence-corrected chi connectivity index (χ4v) is 6.39. The van der Waals surface area contributed by atoms with Crippen LogP contribution in [0.4, 0.5) is 5.69 Å². The number of para-hydroxylation sites is 1. The maximum atomic E-state index is 13.0. The van der Waals surface area contributed by atoms with Crippen molar-refractivity contribution in [3.63, 3.8) is 0 Å². The van der Waals surface area contributed by atoms with Crippen molar-refractivity contribution < 1.29 is 9.53 Å². The van der Waals surface area contributed by atoms with Gasteiger partial charge >= 0.3 is 0 Å². The maximum absolute atomic E-state index is 13.0. The highest BCUT2D eigenvalue weighted by Gasteiger charge is 2.43. The SMILES string of the molecule is O=C(C1CCCCC1)N1CCC2(CC1)C[C@H](N1CCN(c3ccccc3)CC1)CCO2. The zero-order valence-electron chi connectivity index (χ0n) is 19.0. The molecule has 5 heteroatoms. The summed E-state index contributed by atoms with van der Waals surface area (Å²) < 4.78 is 6.42. The van der Waals surface area contributed by atoms with Crippen LogP contribution in [0.2, 0.25) is 0 Å². The highest BCUT2D eigenvalue weighted by molar-refractivity contribution is 5.79. The molecule has 5 nitrogen and oxygen atoms in total. The lowest BCUT2D eigenvalue weighted by Crippen LogP contribution is -2.57. The van der Waals surface area contributed by atoms with Crippen molar-refractivity contribution >= 4 is 11.6 Å². The first-order chi connectivity index (χ1) is 15.2. The lowest BCUT2D eigenvalue weighted by Gasteiger charge is -2.50. The van der Waals surface area contributed by atoms with Gasteiger partial charge in [0.2, 0.25) is 5.91 Å². The minimum absolute atomic E-state index is 0.00280. The van der Waals surface area contributed by atoms with E-state index in [4.69, 9.17) is 4.74 Å². The fraction of sp³-hybridized carbons (Fsp3) is 0.731. The molecule has 1 aromatic rings. The van der Waals surface area contributed by atoms with Gasteiger partial charge in [0.1, 0.15) is 0 Å². The summed E-state index contributed by atoms with van der Waals surface area (Å²) in [5.74, 6) is 0.725. The molecule has 31 heavy (non-hydrogen) atoms. The van der Waals surface area contributed by atoms with Crippen LogP contribution in [0, 0.1) is 5.92 Å². The van der Waals surface area contributed by atoms with E-state index >= 15 is 0 Å². The van der Waals surface area contributed by atoms with Gasteiger partial charge in [-0.1, -0.05) is 37.5 Å². The predicted molar refractivity (Wildman–Crippen MR) is 124 cm³/mol. The predicted octanol–water partition coefficient (Wildman–Crippen LogP) is 3.93. The number of hydrogen-bond donors (Lipinski definition) is 0. The first-order valence-corrected chi connectivity index (χ1v) is 12.7. The molecule has 1 atom stereocenters. The number of rotatable bonds is 3. The van der Waals surface area contributed by atoms with E-state index in [1.807, 2.05) is 0 Å². The van der Waals surface area contributed by atoms with Crippen LogP contribution < -0.4 is 4.90 Å². The molecule has 0 unspecified atom stereocenters. The maximum Gasteiger partial charge on any atom is 0.225 e. The summed E-state index contributed by atoms with van der Waals surface area (Å²) >= 11 is 0. The molecular formula is C26H39N3O2. The standard InChI is InChI=1S/C26H39N3O2/c30-25(22-7-3-1-4-8-22)29-14-12-26(13-15-29)21-24(11-20-31-26)28-18-16-27(17-19-28)23-9-5-2-6-10-23/h2,5-6,9-10,22,24H,1,3-4,7-8,11-21H2/t24-/m1/s1. The number of piperidine rings is 1. The summed E-state index contributed by atoms with van der Waals surface area (Å²) in [7, 11) is 0. The van der Waals surface area contributed by atoms with Crippen molar-refractivity contribution in [1.82, 2.24) is 9.80 Å². The highest BCUT2D eigenvalue weighted by Crippen LogP contribution is 2.38. The molecule has 1 aliphatic carbocycles. The summed E-state index contributed by atoms with van der Waals surface area (Å²) in [5, 5.41) is 0. The molecule has 3 heterocycles. The third kappa shape index (κ3) is 4.78. The molecule has 1 amide bonds. The van der Waals surface area contributed by atoms with E-state index in [1.54, 1.807) is 0 Å². The average Bonchev–Trinajstić information content (AvgIpc) is 2.85. The Balaban J connectivity index is 1.13. The van der Waals surface area contributed by atoms with Gasteiger partial charge in [0, 0.05) is 63.5 Å². The molecular weight excluding hydrogens is 386 g/mol. The van der Waals surface area contributed by atoms with Crippen LogP contribution in [0.3, 0.4) is 0 Å². The zero-order chi connectivity index (χ0) is 21.1. The van der Waals surface area contributed by atoms with Gasteiger partial charge in [0.15, 0.2) is 0 Å².